The summed E-state index contributed by atoms with van der Waals surface area (Å²) in [7, 11) is 1.33. The van der Waals surface area contributed by atoms with E-state index >= 15 is 0 Å². The summed E-state index contributed by atoms with van der Waals surface area (Å²) >= 11 is 0. The van der Waals surface area contributed by atoms with Gasteiger partial charge in [0.25, 0.3) is 5.91 Å². The van der Waals surface area contributed by atoms with Gasteiger partial charge in [-0.25, -0.2) is 4.79 Å². The second-order valence-corrected chi connectivity index (χ2v) is 7.97. The van der Waals surface area contributed by atoms with Gasteiger partial charge in [0.05, 0.1) is 31.0 Å². The van der Waals surface area contributed by atoms with E-state index in [-0.39, 0.29) is 17.5 Å². The molecular weight excluding hydrogens is 390 g/mol. The molecule has 0 atom stereocenters. The van der Waals surface area contributed by atoms with Gasteiger partial charge >= 0.3 is 5.97 Å². The van der Waals surface area contributed by atoms with Crippen molar-refractivity contribution in [2.75, 3.05) is 7.11 Å². The minimum atomic E-state index is -0.505. The van der Waals surface area contributed by atoms with E-state index in [2.05, 4.69) is 24.3 Å². The first-order chi connectivity index (χ1) is 15.2. The summed E-state index contributed by atoms with van der Waals surface area (Å²) in [6.45, 7) is 0.377. The highest BCUT2D eigenvalue weighted by molar-refractivity contribution is 6.05. The van der Waals surface area contributed by atoms with Crippen molar-refractivity contribution in [3.63, 3.8) is 0 Å². The van der Waals surface area contributed by atoms with Crippen molar-refractivity contribution >= 4 is 11.9 Å². The fraction of sp³-hybridized carbons (Fsp3) is 0.308. The van der Waals surface area contributed by atoms with Crippen molar-refractivity contribution in [1.29, 1.82) is 0 Å². The number of amides is 1. The number of carbonyl (C=O) groups is 2. The number of benzene rings is 2. The van der Waals surface area contributed by atoms with Crippen molar-refractivity contribution in [3.8, 4) is 0 Å². The van der Waals surface area contributed by atoms with Crippen LogP contribution in [0.25, 0.3) is 0 Å². The number of hydrogen-bond acceptors (Lipinski definition) is 4. The van der Waals surface area contributed by atoms with Gasteiger partial charge in [-0.05, 0) is 61.4 Å². The van der Waals surface area contributed by atoms with Crippen molar-refractivity contribution in [1.82, 2.24) is 4.90 Å². The average Bonchev–Trinajstić information content (AvgIpc) is 3.36. The zero-order chi connectivity index (χ0) is 21.6. The van der Waals surface area contributed by atoms with Gasteiger partial charge in [0.15, 0.2) is 0 Å². The van der Waals surface area contributed by atoms with E-state index < -0.39 is 5.97 Å². The predicted molar refractivity (Wildman–Crippen MR) is 118 cm³/mol. The van der Waals surface area contributed by atoms with Crippen molar-refractivity contribution in [2.45, 2.75) is 44.2 Å². The van der Waals surface area contributed by atoms with Gasteiger partial charge in [-0.1, -0.05) is 42.5 Å². The number of carbonyl (C=O) groups excluding carboxylic acids is 2. The molecule has 1 aliphatic carbocycles. The fourth-order valence-corrected chi connectivity index (χ4v) is 4.50. The highest BCUT2D eigenvalue weighted by Gasteiger charge is 2.32. The summed E-state index contributed by atoms with van der Waals surface area (Å²) < 4.78 is 10.4. The minimum Gasteiger partial charge on any atom is -0.467 e. The molecule has 3 aromatic rings. The lowest BCUT2D eigenvalue weighted by molar-refractivity contribution is 0.0551. The van der Waals surface area contributed by atoms with E-state index in [0.29, 0.717) is 18.0 Å². The van der Waals surface area contributed by atoms with Crippen LogP contribution in [0.3, 0.4) is 0 Å². The Hall–Kier alpha value is -3.34. The minimum absolute atomic E-state index is 0.0864. The Kier molecular flexibility index (Phi) is 6.51. The van der Waals surface area contributed by atoms with Crippen molar-refractivity contribution < 1.29 is 18.7 Å². The molecule has 0 saturated heterocycles. The van der Waals surface area contributed by atoms with Crippen LogP contribution in [0.2, 0.25) is 0 Å². The highest BCUT2D eigenvalue weighted by Crippen LogP contribution is 2.36. The molecule has 0 aliphatic heterocycles. The maximum Gasteiger partial charge on any atom is 0.338 e. The molecule has 1 fully saturated rings. The first kappa shape index (κ1) is 20.9. The second-order valence-electron chi connectivity index (χ2n) is 7.97. The van der Waals surface area contributed by atoms with Gasteiger partial charge in [0.1, 0.15) is 5.76 Å². The Labute approximate surface area is 182 Å². The van der Waals surface area contributed by atoms with Crippen LogP contribution in [0.4, 0.5) is 0 Å². The Morgan fingerprint density at radius 3 is 2.23 bits per heavy atom. The normalized spacial score (nSPS) is 18.4. The zero-order valence-electron chi connectivity index (χ0n) is 17.7. The number of nitrogens with zero attached hydrogens (tertiary/aromatic N) is 1. The third-order valence-electron chi connectivity index (χ3n) is 6.14. The van der Waals surface area contributed by atoms with Gasteiger partial charge in [0, 0.05) is 6.04 Å². The molecule has 0 bridgehead atoms. The lowest BCUT2D eigenvalue weighted by Gasteiger charge is -2.37. The highest BCUT2D eigenvalue weighted by atomic mass is 16.5. The standard InChI is InChI=1S/C26H27NO4/c1-30-26(29)24-12-6-5-11-23(24)25(28)27(18-22-10-7-17-31-22)21-15-13-20(14-16-21)19-8-3-2-4-9-19/h2-12,17,20-21H,13-16,18H2,1H3. The molecular formula is C26H27NO4. The lowest BCUT2D eigenvalue weighted by atomic mass is 9.81. The van der Waals surface area contributed by atoms with Crippen LogP contribution < -0.4 is 0 Å². The molecule has 4 rings (SSSR count). The number of rotatable bonds is 6. The molecule has 0 spiro atoms. The Morgan fingerprint density at radius 1 is 0.903 bits per heavy atom. The Morgan fingerprint density at radius 2 is 1.58 bits per heavy atom. The second kappa shape index (κ2) is 9.65. The molecule has 5 heteroatoms. The van der Waals surface area contributed by atoms with E-state index in [1.807, 2.05) is 23.1 Å². The van der Waals surface area contributed by atoms with Gasteiger partial charge in [-0.15, -0.1) is 0 Å². The van der Waals surface area contributed by atoms with E-state index in [4.69, 9.17) is 9.15 Å². The third kappa shape index (κ3) is 4.71. The van der Waals surface area contributed by atoms with Crippen molar-refractivity contribution in [3.05, 3.63) is 95.4 Å². The first-order valence-corrected chi connectivity index (χ1v) is 10.7. The largest absolute Gasteiger partial charge is 0.467 e. The van der Waals surface area contributed by atoms with Gasteiger partial charge < -0.3 is 14.1 Å². The van der Waals surface area contributed by atoms with E-state index in [1.165, 1.54) is 12.7 Å². The smallest absolute Gasteiger partial charge is 0.338 e. The predicted octanol–water partition coefficient (Wildman–Crippen LogP) is 5.44. The average molecular weight is 418 g/mol. The van der Waals surface area contributed by atoms with Crippen LogP contribution in [-0.4, -0.2) is 29.9 Å². The summed E-state index contributed by atoms with van der Waals surface area (Å²) in [4.78, 5) is 27.7. The number of methoxy groups -OCH3 is 1. The molecule has 5 nitrogen and oxygen atoms in total. The number of esters is 1. The SMILES string of the molecule is COC(=O)c1ccccc1C(=O)N(Cc1ccco1)C1CCC(c2ccccc2)CC1. The van der Waals surface area contributed by atoms with Crippen LogP contribution in [-0.2, 0) is 11.3 Å². The molecule has 1 aromatic heterocycles. The first-order valence-electron chi connectivity index (χ1n) is 10.7. The zero-order valence-corrected chi connectivity index (χ0v) is 17.7. The summed E-state index contributed by atoms with van der Waals surface area (Å²) in [5.74, 6) is 0.574. The molecule has 1 saturated carbocycles. The van der Waals surface area contributed by atoms with Gasteiger partial charge in [-0.2, -0.15) is 0 Å². The molecule has 1 heterocycles. The summed E-state index contributed by atoms with van der Waals surface area (Å²) in [5, 5.41) is 0. The molecule has 0 unspecified atom stereocenters. The Bertz CT molecular complexity index is 1000. The topological polar surface area (TPSA) is 59.8 Å². The number of furan rings is 1. The van der Waals surface area contributed by atoms with Crippen LogP contribution in [0.1, 0.15) is 63.6 Å². The molecule has 2 aromatic carbocycles. The Balaban J connectivity index is 1.57. The summed E-state index contributed by atoms with van der Waals surface area (Å²) in [6.07, 6.45) is 5.48. The van der Waals surface area contributed by atoms with Gasteiger partial charge in [0.2, 0.25) is 0 Å². The molecule has 31 heavy (non-hydrogen) atoms. The molecule has 1 amide bonds. The summed E-state index contributed by atoms with van der Waals surface area (Å²) in [5.41, 5.74) is 2.02. The van der Waals surface area contributed by atoms with E-state index in [1.54, 1.807) is 30.5 Å². The quantitative estimate of drug-likeness (QED) is 0.502. The van der Waals surface area contributed by atoms with E-state index in [0.717, 1.165) is 31.4 Å². The monoisotopic (exact) mass is 417 g/mol. The summed E-state index contributed by atoms with van der Waals surface area (Å²) in [6, 6.07) is 21.2. The van der Waals surface area contributed by atoms with Crippen LogP contribution >= 0.6 is 0 Å². The number of ether oxygens (including phenoxy) is 1. The van der Waals surface area contributed by atoms with Crippen LogP contribution in [0.15, 0.2) is 77.4 Å². The lowest BCUT2D eigenvalue weighted by Crippen LogP contribution is -2.42. The van der Waals surface area contributed by atoms with Crippen LogP contribution in [0.5, 0.6) is 0 Å². The number of hydrogen-bond donors (Lipinski definition) is 0. The fourth-order valence-electron chi connectivity index (χ4n) is 4.50. The van der Waals surface area contributed by atoms with Crippen LogP contribution in [0, 0.1) is 0 Å². The molecule has 160 valence electrons. The van der Waals surface area contributed by atoms with Crippen molar-refractivity contribution in [2.24, 2.45) is 0 Å². The maximum atomic E-state index is 13.6. The van der Waals surface area contributed by atoms with E-state index in [9.17, 15) is 9.59 Å². The molecule has 1 aliphatic rings. The molecule has 0 radical (unpaired) electrons. The van der Waals surface area contributed by atoms with Gasteiger partial charge in [-0.3, -0.25) is 4.79 Å². The maximum absolute atomic E-state index is 13.6. The third-order valence-corrected chi connectivity index (χ3v) is 6.14. The molecule has 0 N–H and O–H groups in total.